The Hall–Kier alpha value is -3.88. The van der Waals surface area contributed by atoms with E-state index in [0.29, 0.717) is 54.4 Å². The average molecular weight is 493 g/mol. The van der Waals surface area contributed by atoms with Gasteiger partial charge in [0.15, 0.2) is 17.2 Å². The number of hydrogen-bond acceptors (Lipinski definition) is 5. The lowest BCUT2D eigenvalue weighted by atomic mass is 10.1. The number of amides is 2. The zero-order chi connectivity index (χ0) is 25.2. The molecule has 2 aliphatic rings. The van der Waals surface area contributed by atoms with Gasteiger partial charge >= 0.3 is 0 Å². The van der Waals surface area contributed by atoms with Crippen molar-refractivity contribution in [1.82, 2.24) is 14.7 Å². The van der Waals surface area contributed by atoms with Crippen LogP contribution in [0.5, 0.6) is 11.5 Å². The highest BCUT2D eigenvalue weighted by Gasteiger charge is 2.30. The standard InChI is InChI=1S/C27H29FN4O4/c1-35-23-15-18(27(34)31-13-6-3-7-14-31)20(16-24(23)36-2)29-26(33)25-17-9-8-12-21(17)32(30-25)22-11-5-4-10-19(22)28/h4-5,10-11,15-16H,3,6-9,12-14H2,1-2H3,(H,29,33). The molecule has 0 radical (unpaired) electrons. The number of nitrogens with zero attached hydrogens (tertiary/aromatic N) is 3. The predicted octanol–water partition coefficient (Wildman–Crippen LogP) is 4.40. The maximum atomic E-state index is 14.5. The Bertz CT molecular complexity index is 1310. The van der Waals surface area contributed by atoms with Crippen LogP contribution in [0.2, 0.25) is 0 Å². The van der Waals surface area contributed by atoms with Gasteiger partial charge in [-0.25, -0.2) is 9.07 Å². The molecule has 1 aliphatic heterocycles. The third-order valence-corrected chi connectivity index (χ3v) is 6.87. The van der Waals surface area contributed by atoms with Crippen molar-refractivity contribution in [3.8, 4) is 17.2 Å². The van der Waals surface area contributed by atoms with Crippen molar-refractivity contribution in [3.63, 3.8) is 0 Å². The van der Waals surface area contributed by atoms with Gasteiger partial charge in [-0.15, -0.1) is 0 Å². The van der Waals surface area contributed by atoms with E-state index in [-0.39, 0.29) is 11.6 Å². The summed E-state index contributed by atoms with van der Waals surface area (Å²) in [5, 5.41) is 7.40. The number of carbonyl (C=O) groups is 2. The molecule has 0 atom stereocenters. The van der Waals surface area contributed by atoms with E-state index in [1.165, 1.54) is 25.0 Å². The van der Waals surface area contributed by atoms with Crippen molar-refractivity contribution < 1.29 is 23.5 Å². The Morgan fingerprint density at radius 3 is 2.42 bits per heavy atom. The largest absolute Gasteiger partial charge is 0.493 e. The van der Waals surface area contributed by atoms with Crippen molar-refractivity contribution >= 4 is 17.5 Å². The van der Waals surface area contributed by atoms with Crippen molar-refractivity contribution in [3.05, 3.63) is 64.7 Å². The maximum absolute atomic E-state index is 14.5. The summed E-state index contributed by atoms with van der Waals surface area (Å²) >= 11 is 0. The summed E-state index contributed by atoms with van der Waals surface area (Å²) < 4.78 is 26.9. The number of aromatic nitrogens is 2. The SMILES string of the molecule is COc1cc(NC(=O)c2nn(-c3ccccc3F)c3c2CCC3)c(C(=O)N2CCCCC2)cc1OC. The number of hydrogen-bond donors (Lipinski definition) is 1. The monoisotopic (exact) mass is 492 g/mol. The summed E-state index contributed by atoms with van der Waals surface area (Å²) in [6, 6.07) is 9.58. The van der Waals surface area contributed by atoms with Crippen LogP contribution < -0.4 is 14.8 Å². The molecule has 2 aromatic carbocycles. The van der Waals surface area contributed by atoms with Crippen LogP contribution in [-0.4, -0.2) is 53.8 Å². The lowest BCUT2D eigenvalue weighted by molar-refractivity contribution is 0.0725. The van der Waals surface area contributed by atoms with Gasteiger partial charge in [-0.05, 0) is 56.7 Å². The summed E-state index contributed by atoms with van der Waals surface area (Å²) in [4.78, 5) is 28.8. The molecule has 2 amide bonds. The molecule has 188 valence electrons. The summed E-state index contributed by atoms with van der Waals surface area (Å²) in [6.45, 7) is 1.34. The van der Waals surface area contributed by atoms with E-state index in [9.17, 15) is 14.0 Å². The Labute approximate surface area is 209 Å². The van der Waals surface area contributed by atoms with Crippen LogP contribution in [0.4, 0.5) is 10.1 Å². The number of piperidine rings is 1. The van der Waals surface area contributed by atoms with Gasteiger partial charge in [0.1, 0.15) is 11.5 Å². The van der Waals surface area contributed by atoms with Gasteiger partial charge in [-0.2, -0.15) is 5.10 Å². The van der Waals surface area contributed by atoms with E-state index in [1.54, 1.807) is 35.2 Å². The molecule has 8 nitrogen and oxygen atoms in total. The van der Waals surface area contributed by atoms with Crippen LogP contribution >= 0.6 is 0 Å². The number of anilines is 1. The minimum atomic E-state index is -0.455. The number of methoxy groups -OCH3 is 2. The molecule has 9 heteroatoms. The first kappa shape index (κ1) is 23.8. The fourth-order valence-corrected chi connectivity index (χ4v) is 5.05. The Morgan fingerprint density at radius 2 is 1.69 bits per heavy atom. The van der Waals surface area contributed by atoms with Gasteiger partial charge in [0, 0.05) is 30.4 Å². The number of nitrogens with one attached hydrogen (secondary N) is 1. The van der Waals surface area contributed by atoms with Crippen molar-refractivity contribution in [2.75, 3.05) is 32.6 Å². The first-order valence-electron chi connectivity index (χ1n) is 12.2. The quantitative estimate of drug-likeness (QED) is 0.552. The molecule has 0 unspecified atom stereocenters. The number of ether oxygens (including phenoxy) is 2. The van der Waals surface area contributed by atoms with Crippen LogP contribution in [-0.2, 0) is 12.8 Å². The van der Waals surface area contributed by atoms with Crippen molar-refractivity contribution in [2.45, 2.75) is 38.5 Å². The number of fused-ring (bicyclic) bond motifs is 1. The molecule has 1 saturated heterocycles. The van der Waals surface area contributed by atoms with E-state index in [2.05, 4.69) is 10.4 Å². The van der Waals surface area contributed by atoms with E-state index >= 15 is 0 Å². The molecule has 0 saturated carbocycles. The maximum Gasteiger partial charge on any atom is 0.276 e. The minimum absolute atomic E-state index is 0.173. The number of rotatable bonds is 6. The van der Waals surface area contributed by atoms with Gasteiger partial charge in [0.05, 0.1) is 25.5 Å². The average Bonchev–Trinajstić information content (AvgIpc) is 3.52. The highest BCUT2D eigenvalue weighted by Crippen LogP contribution is 2.35. The van der Waals surface area contributed by atoms with Crippen LogP contribution in [0.3, 0.4) is 0 Å². The van der Waals surface area contributed by atoms with Crippen LogP contribution in [0.1, 0.15) is 57.8 Å². The third kappa shape index (κ3) is 4.29. The molecule has 1 aromatic heterocycles. The Balaban J connectivity index is 1.52. The van der Waals surface area contributed by atoms with Crippen LogP contribution in [0, 0.1) is 5.82 Å². The number of likely N-dealkylation sites (tertiary alicyclic amines) is 1. The molecule has 5 rings (SSSR count). The van der Waals surface area contributed by atoms with Gasteiger partial charge < -0.3 is 19.7 Å². The molecule has 1 fully saturated rings. The van der Waals surface area contributed by atoms with Gasteiger partial charge in [-0.3, -0.25) is 9.59 Å². The Kier molecular flexibility index (Phi) is 6.63. The first-order valence-corrected chi connectivity index (χ1v) is 12.2. The molecule has 1 N–H and O–H groups in total. The van der Waals surface area contributed by atoms with E-state index < -0.39 is 11.7 Å². The van der Waals surface area contributed by atoms with Crippen LogP contribution in [0.25, 0.3) is 5.69 Å². The number of para-hydroxylation sites is 1. The van der Waals surface area contributed by atoms with E-state index in [0.717, 1.165) is 36.9 Å². The minimum Gasteiger partial charge on any atom is -0.493 e. The molecular formula is C27H29FN4O4. The second-order valence-electron chi connectivity index (χ2n) is 9.05. The highest BCUT2D eigenvalue weighted by molar-refractivity contribution is 6.09. The molecule has 0 spiro atoms. The second kappa shape index (κ2) is 10.0. The zero-order valence-electron chi connectivity index (χ0n) is 20.5. The number of carbonyl (C=O) groups excluding carboxylic acids is 2. The molecule has 1 aliphatic carbocycles. The first-order chi connectivity index (χ1) is 17.5. The topological polar surface area (TPSA) is 85.7 Å². The van der Waals surface area contributed by atoms with E-state index in [1.807, 2.05) is 0 Å². The predicted molar refractivity (Wildman–Crippen MR) is 133 cm³/mol. The van der Waals surface area contributed by atoms with Gasteiger partial charge in [0.2, 0.25) is 0 Å². The highest BCUT2D eigenvalue weighted by atomic mass is 19.1. The zero-order valence-corrected chi connectivity index (χ0v) is 20.5. The van der Waals surface area contributed by atoms with Crippen LogP contribution in [0.15, 0.2) is 36.4 Å². The van der Waals surface area contributed by atoms with Crippen molar-refractivity contribution in [1.29, 1.82) is 0 Å². The summed E-state index contributed by atoms with van der Waals surface area (Å²) in [6.07, 6.45) is 5.23. The summed E-state index contributed by atoms with van der Waals surface area (Å²) in [5.74, 6) is -0.238. The van der Waals surface area contributed by atoms with Gasteiger partial charge in [0.25, 0.3) is 11.8 Å². The second-order valence-corrected chi connectivity index (χ2v) is 9.05. The molecule has 0 bridgehead atoms. The van der Waals surface area contributed by atoms with Crippen molar-refractivity contribution in [2.24, 2.45) is 0 Å². The fourth-order valence-electron chi connectivity index (χ4n) is 5.05. The molecule has 36 heavy (non-hydrogen) atoms. The third-order valence-electron chi connectivity index (χ3n) is 6.87. The molecular weight excluding hydrogens is 463 g/mol. The fraction of sp³-hybridized carbons (Fsp3) is 0.370. The molecule has 3 aromatic rings. The normalized spacial score (nSPS) is 14.9. The lowest BCUT2D eigenvalue weighted by Crippen LogP contribution is -2.36. The summed E-state index contributed by atoms with van der Waals surface area (Å²) in [5.41, 5.74) is 2.83. The lowest BCUT2D eigenvalue weighted by Gasteiger charge is -2.28. The Morgan fingerprint density at radius 1 is 0.972 bits per heavy atom. The summed E-state index contributed by atoms with van der Waals surface area (Å²) in [7, 11) is 3.00. The smallest absolute Gasteiger partial charge is 0.276 e. The number of benzene rings is 2. The van der Waals surface area contributed by atoms with Gasteiger partial charge in [-0.1, -0.05) is 12.1 Å². The number of halogens is 1. The van der Waals surface area contributed by atoms with E-state index in [4.69, 9.17) is 9.47 Å². The molecule has 2 heterocycles.